The molecule has 0 fully saturated rings. The van der Waals surface area contributed by atoms with Crippen molar-refractivity contribution in [1.82, 2.24) is 0 Å². The largest absolute Gasteiger partial charge is 0.484 e. The molecule has 0 bridgehead atoms. The molecule has 0 heterocycles. The smallest absolute Gasteiger partial charge is 0.136 e. The number of hydrogen-bond acceptors (Lipinski definition) is 2. The Kier molecular flexibility index (Phi) is 4.64. The molecule has 2 rings (SSSR count). The Balaban J connectivity index is 2.14. The van der Waals surface area contributed by atoms with E-state index in [0.29, 0.717) is 11.6 Å². The molecule has 2 nitrogen and oxygen atoms in total. The minimum absolute atomic E-state index is 0.153. The first kappa shape index (κ1) is 13.4. The predicted molar refractivity (Wildman–Crippen MR) is 78.0 cm³/mol. The Hall–Kier alpha value is -1.03. The van der Waals surface area contributed by atoms with Crippen molar-refractivity contribution in [2.24, 2.45) is 5.73 Å². The normalized spacial score (nSPS) is 12.2. The number of hydrogen-bond donors (Lipinski definition) is 1. The lowest BCUT2D eigenvalue weighted by molar-refractivity contribution is 0.214. The molecule has 2 aromatic carbocycles. The summed E-state index contributed by atoms with van der Waals surface area (Å²) in [5.41, 5.74) is 6.81. The van der Waals surface area contributed by atoms with Gasteiger partial charge in [0.15, 0.2) is 0 Å². The Morgan fingerprint density at radius 1 is 1.06 bits per heavy atom. The quantitative estimate of drug-likeness (QED) is 0.914. The average molecular weight is 327 g/mol. The lowest BCUT2D eigenvalue weighted by atomic mass is 10.1. The molecule has 94 valence electrons. The van der Waals surface area contributed by atoms with Crippen molar-refractivity contribution in [2.45, 2.75) is 6.10 Å². The van der Waals surface area contributed by atoms with Crippen LogP contribution in [0.15, 0.2) is 53.0 Å². The minimum Gasteiger partial charge on any atom is -0.484 e. The first-order valence-corrected chi connectivity index (χ1v) is 6.74. The second-order valence-electron chi connectivity index (χ2n) is 3.85. The van der Waals surface area contributed by atoms with Gasteiger partial charge in [-0.25, -0.2) is 0 Å². The number of nitrogens with two attached hydrogens (primary N) is 1. The molecule has 0 aliphatic rings. The highest BCUT2D eigenvalue weighted by Crippen LogP contribution is 2.24. The van der Waals surface area contributed by atoms with Gasteiger partial charge in [0.05, 0.1) is 0 Å². The molecule has 0 radical (unpaired) electrons. The van der Waals surface area contributed by atoms with Gasteiger partial charge in [0.1, 0.15) is 11.9 Å². The third-order valence-electron chi connectivity index (χ3n) is 2.55. The topological polar surface area (TPSA) is 35.2 Å². The summed E-state index contributed by atoms with van der Waals surface area (Å²) < 4.78 is 6.88. The summed E-state index contributed by atoms with van der Waals surface area (Å²) in [6.07, 6.45) is -0.153. The van der Waals surface area contributed by atoms with Gasteiger partial charge in [-0.05, 0) is 42.0 Å². The standard InChI is InChI=1S/C14H13BrClNO/c15-11-3-1-10(2-4-11)14(9-17)18-13-7-5-12(16)6-8-13/h1-8,14H,9,17H2. The van der Waals surface area contributed by atoms with Crippen LogP contribution in [-0.4, -0.2) is 6.54 Å². The molecule has 18 heavy (non-hydrogen) atoms. The van der Waals surface area contributed by atoms with E-state index in [2.05, 4.69) is 15.9 Å². The summed E-state index contributed by atoms with van der Waals surface area (Å²) in [6.45, 7) is 0.421. The van der Waals surface area contributed by atoms with Gasteiger partial charge in [0, 0.05) is 16.0 Å². The van der Waals surface area contributed by atoms with E-state index >= 15 is 0 Å². The summed E-state index contributed by atoms with van der Waals surface area (Å²) in [6, 6.07) is 15.2. The zero-order valence-corrected chi connectivity index (χ0v) is 12.0. The van der Waals surface area contributed by atoms with Crippen LogP contribution in [0.5, 0.6) is 5.75 Å². The fourth-order valence-corrected chi connectivity index (χ4v) is 2.00. The Morgan fingerprint density at radius 3 is 2.22 bits per heavy atom. The highest BCUT2D eigenvalue weighted by atomic mass is 79.9. The molecule has 0 saturated heterocycles. The average Bonchev–Trinajstić information content (AvgIpc) is 2.39. The molecular weight excluding hydrogens is 314 g/mol. The first-order valence-electron chi connectivity index (χ1n) is 5.57. The van der Waals surface area contributed by atoms with Crippen molar-refractivity contribution in [3.8, 4) is 5.75 Å². The summed E-state index contributed by atoms with van der Waals surface area (Å²) in [4.78, 5) is 0. The summed E-state index contributed by atoms with van der Waals surface area (Å²) in [5, 5.41) is 0.690. The van der Waals surface area contributed by atoms with Crippen molar-refractivity contribution in [1.29, 1.82) is 0 Å². The van der Waals surface area contributed by atoms with Crippen LogP contribution < -0.4 is 10.5 Å². The van der Waals surface area contributed by atoms with Crippen LogP contribution >= 0.6 is 27.5 Å². The summed E-state index contributed by atoms with van der Waals surface area (Å²) in [5.74, 6) is 0.762. The highest BCUT2D eigenvalue weighted by molar-refractivity contribution is 9.10. The predicted octanol–water partition coefficient (Wildman–Crippen LogP) is 4.18. The van der Waals surface area contributed by atoms with Crippen LogP contribution in [0.2, 0.25) is 5.02 Å². The molecule has 1 atom stereocenters. The fourth-order valence-electron chi connectivity index (χ4n) is 1.61. The van der Waals surface area contributed by atoms with E-state index < -0.39 is 0 Å². The minimum atomic E-state index is -0.153. The zero-order chi connectivity index (χ0) is 13.0. The maximum absolute atomic E-state index is 5.85. The van der Waals surface area contributed by atoms with Gasteiger partial charge < -0.3 is 10.5 Å². The third kappa shape index (κ3) is 3.48. The van der Waals surface area contributed by atoms with Crippen molar-refractivity contribution in [3.63, 3.8) is 0 Å². The molecule has 4 heteroatoms. The van der Waals surface area contributed by atoms with Crippen LogP contribution in [0, 0.1) is 0 Å². The SMILES string of the molecule is NCC(Oc1ccc(Cl)cc1)c1ccc(Br)cc1. The summed E-state index contributed by atoms with van der Waals surface area (Å²) >= 11 is 9.24. The molecule has 0 aliphatic heterocycles. The van der Waals surface area contributed by atoms with E-state index in [9.17, 15) is 0 Å². The fraction of sp³-hybridized carbons (Fsp3) is 0.143. The third-order valence-corrected chi connectivity index (χ3v) is 3.33. The Labute approximate surface area is 120 Å². The van der Waals surface area contributed by atoms with Crippen molar-refractivity contribution >= 4 is 27.5 Å². The molecular formula is C14H13BrClNO. The second-order valence-corrected chi connectivity index (χ2v) is 5.20. The van der Waals surface area contributed by atoms with Crippen LogP contribution in [0.3, 0.4) is 0 Å². The molecule has 0 aliphatic carbocycles. The molecule has 0 saturated carbocycles. The van der Waals surface area contributed by atoms with E-state index in [1.165, 1.54) is 0 Å². The molecule has 0 amide bonds. The van der Waals surface area contributed by atoms with E-state index in [4.69, 9.17) is 22.1 Å². The molecule has 2 aromatic rings. The van der Waals surface area contributed by atoms with Gasteiger partial charge in [-0.15, -0.1) is 0 Å². The summed E-state index contributed by atoms with van der Waals surface area (Å²) in [7, 11) is 0. The maximum Gasteiger partial charge on any atom is 0.136 e. The zero-order valence-electron chi connectivity index (χ0n) is 9.64. The van der Waals surface area contributed by atoms with Gasteiger partial charge in [0.25, 0.3) is 0 Å². The van der Waals surface area contributed by atoms with Crippen molar-refractivity contribution < 1.29 is 4.74 Å². The second kappa shape index (κ2) is 6.23. The van der Waals surface area contributed by atoms with Gasteiger partial charge >= 0.3 is 0 Å². The maximum atomic E-state index is 5.85. The highest BCUT2D eigenvalue weighted by Gasteiger charge is 2.11. The van der Waals surface area contributed by atoms with E-state index in [1.54, 1.807) is 12.1 Å². The van der Waals surface area contributed by atoms with Gasteiger partial charge in [0.2, 0.25) is 0 Å². The van der Waals surface area contributed by atoms with E-state index in [-0.39, 0.29) is 6.10 Å². The monoisotopic (exact) mass is 325 g/mol. The van der Waals surface area contributed by atoms with Crippen molar-refractivity contribution in [2.75, 3.05) is 6.54 Å². The van der Waals surface area contributed by atoms with Crippen molar-refractivity contribution in [3.05, 3.63) is 63.6 Å². The van der Waals surface area contributed by atoms with Crippen LogP contribution in [0.4, 0.5) is 0 Å². The molecule has 0 aromatic heterocycles. The van der Waals surface area contributed by atoms with Gasteiger partial charge in [-0.1, -0.05) is 39.7 Å². The molecule has 1 unspecified atom stereocenters. The van der Waals surface area contributed by atoms with Gasteiger partial charge in [-0.2, -0.15) is 0 Å². The van der Waals surface area contributed by atoms with E-state index in [0.717, 1.165) is 15.8 Å². The van der Waals surface area contributed by atoms with E-state index in [1.807, 2.05) is 36.4 Å². The number of ether oxygens (including phenoxy) is 1. The lowest BCUT2D eigenvalue weighted by Crippen LogP contribution is -2.18. The van der Waals surface area contributed by atoms with Crippen LogP contribution in [0.25, 0.3) is 0 Å². The first-order chi connectivity index (χ1) is 8.69. The van der Waals surface area contributed by atoms with Crippen LogP contribution in [-0.2, 0) is 0 Å². The molecule has 0 spiro atoms. The Bertz CT molecular complexity index is 498. The lowest BCUT2D eigenvalue weighted by Gasteiger charge is -2.18. The van der Waals surface area contributed by atoms with Crippen LogP contribution in [0.1, 0.15) is 11.7 Å². The number of rotatable bonds is 4. The Morgan fingerprint density at radius 2 is 1.67 bits per heavy atom. The number of halogens is 2. The van der Waals surface area contributed by atoms with Gasteiger partial charge in [-0.3, -0.25) is 0 Å². The number of benzene rings is 2. The molecule has 2 N–H and O–H groups in total.